The monoisotopic (exact) mass is 235 g/mol. The summed E-state index contributed by atoms with van der Waals surface area (Å²) in [6.45, 7) is 6.79. The fourth-order valence-corrected chi connectivity index (χ4v) is 1.31. The molecule has 0 aliphatic rings. The zero-order valence-electron chi connectivity index (χ0n) is 10.7. The smallest absolute Gasteiger partial charge is 0.193 e. The summed E-state index contributed by atoms with van der Waals surface area (Å²) in [5.41, 5.74) is 6.65. The highest BCUT2D eigenvalue weighted by molar-refractivity contribution is 5.92. The summed E-state index contributed by atoms with van der Waals surface area (Å²) < 4.78 is 5.49. The molecule has 0 atom stereocenters. The van der Waals surface area contributed by atoms with E-state index in [1.165, 1.54) is 0 Å². The van der Waals surface area contributed by atoms with Gasteiger partial charge < -0.3 is 15.8 Å². The maximum absolute atomic E-state index is 5.73. The Hall–Kier alpha value is -1.71. The Balaban J connectivity index is 2.56. The van der Waals surface area contributed by atoms with Crippen LogP contribution in [0.25, 0.3) is 0 Å². The van der Waals surface area contributed by atoms with Crippen molar-refractivity contribution >= 4 is 11.6 Å². The molecule has 0 heterocycles. The number of anilines is 1. The largest absolute Gasteiger partial charge is 0.494 e. The van der Waals surface area contributed by atoms with Gasteiger partial charge in [-0.25, -0.2) is 0 Å². The molecule has 0 amide bonds. The molecular weight excluding hydrogens is 214 g/mol. The molecular formula is C13H21N3O. The Morgan fingerprint density at radius 1 is 1.35 bits per heavy atom. The lowest BCUT2D eigenvalue weighted by Gasteiger charge is -2.08. The SMILES string of the molecule is CCCOc1ccc(NC(N)=NC(C)C)cc1. The Labute approximate surface area is 103 Å². The van der Waals surface area contributed by atoms with Crippen LogP contribution in [0, 0.1) is 0 Å². The third kappa shape index (κ3) is 5.24. The van der Waals surface area contributed by atoms with Crippen molar-refractivity contribution in [2.24, 2.45) is 10.7 Å². The quantitative estimate of drug-likeness (QED) is 0.609. The average Bonchev–Trinajstić information content (AvgIpc) is 2.27. The Bertz CT molecular complexity index is 357. The molecule has 0 saturated carbocycles. The molecule has 1 aromatic rings. The molecule has 94 valence electrons. The van der Waals surface area contributed by atoms with Gasteiger partial charge in [-0.3, -0.25) is 4.99 Å². The molecule has 0 saturated heterocycles. The molecule has 0 aromatic heterocycles. The zero-order chi connectivity index (χ0) is 12.7. The second-order valence-electron chi connectivity index (χ2n) is 4.11. The van der Waals surface area contributed by atoms with Gasteiger partial charge in [-0.1, -0.05) is 6.92 Å². The van der Waals surface area contributed by atoms with Crippen molar-refractivity contribution in [3.63, 3.8) is 0 Å². The number of nitrogens with zero attached hydrogens (tertiary/aromatic N) is 1. The van der Waals surface area contributed by atoms with Crippen LogP contribution in [0.1, 0.15) is 27.2 Å². The van der Waals surface area contributed by atoms with Crippen molar-refractivity contribution in [3.05, 3.63) is 24.3 Å². The van der Waals surface area contributed by atoms with E-state index < -0.39 is 0 Å². The summed E-state index contributed by atoms with van der Waals surface area (Å²) in [5, 5.41) is 3.03. The number of nitrogens with one attached hydrogen (secondary N) is 1. The predicted octanol–water partition coefficient (Wildman–Crippen LogP) is 2.61. The first kappa shape index (κ1) is 13.4. The first-order valence-corrected chi connectivity index (χ1v) is 5.95. The number of aliphatic imine (C=N–C) groups is 1. The van der Waals surface area contributed by atoms with Gasteiger partial charge in [0.25, 0.3) is 0 Å². The highest BCUT2D eigenvalue weighted by atomic mass is 16.5. The maximum atomic E-state index is 5.73. The average molecular weight is 235 g/mol. The van der Waals surface area contributed by atoms with Crippen molar-refractivity contribution in [2.75, 3.05) is 11.9 Å². The van der Waals surface area contributed by atoms with Crippen LogP contribution in [0.3, 0.4) is 0 Å². The number of rotatable bonds is 5. The van der Waals surface area contributed by atoms with Gasteiger partial charge in [0.15, 0.2) is 5.96 Å². The molecule has 1 rings (SSSR count). The van der Waals surface area contributed by atoms with Gasteiger partial charge in [0, 0.05) is 11.7 Å². The Kier molecular flexibility index (Phi) is 5.33. The predicted molar refractivity (Wildman–Crippen MR) is 72.6 cm³/mol. The van der Waals surface area contributed by atoms with Crippen molar-refractivity contribution < 1.29 is 4.74 Å². The molecule has 0 aliphatic carbocycles. The van der Waals surface area contributed by atoms with E-state index >= 15 is 0 Å². The second kappa shape index (κ2) is 6.78. The lowest BCUT2D eigenvalue weighted by atomic mass is 10.3. The highest BCUT2D eigenvalue weighted by Crippen LogP contribution is 2.15. The molecule has 3 N–H and O–H groups in total. The van der Waals surface area contributed by atoms with Crippen LogP contribution in [0.4, 0.5) is 5.69 Å². The third-order valence-corrected chi connectivity index (χ3v) is 2.00. The van der Waals surface area contributed by atoms with E-state index in [0.29, 0.717) is 5.96 Å². The summed E-state index contributed by atoms with van der Waals surface area (Å²) in [6.07, 6.45) is 1.01. The van der Waals surface area contributed by atoms with Crippen LogP contribution in [-0.4, -0.2) is 18.6 Å². The lowest BCUT2D eigenvalue weighted by Crippen LogP contribution is -2.23. The van der Waals surface area contributed by atoms with Gasteiger partial charge >= 0.3 is 0 Å². The molecule has 0 bridgehead atoms. The van der Waals surface area contributed by atoms with Gasteiger partial charge in [0.1, 0.15) is 5.75 Å². The van der Waals surface area contributed by atoms with E-state index in [1.54, 1.807) is 0 Å². The molecule has 17 heavy (non-hydrogen) atoms. The summed E-state index contributed by atoms with van der Waals surface area (Å²) in [7, 11) is 0. The lowest BCUT2D eigenvalue weighted by molar-refractivity contribution is 0.317. The maximum Gasteiger partial charge on any atom is 0.193 e. The summed E-state index contributed by atoms with van der Waals surface area (Å²) in [5.74, 6) is 1.30. The number of ether oxygens (including phenoxy) is 1. The number of guanidine groups is 1. The fraction of sp³-hybridized carbons (Fsp3) is 0.462. The van der Waals surface area contributed by atoms with Gasteiger partial charge in [0.2, 0.25) is 0 Å². The van der Waals surface area contributed by atoms with Crippen LogP contribution >= 0.6 is 0 Å². The standard InChI is InChI=1S/C13H21N3O/c1-4-9-17-12-7-5-11(6-8-12)16-13(14)15-10(2)3/h5-8,10H,4,9H2,1-3H3,(H3,14,15,16). The summed E-state index contributed by atoms with van der Waals surface area (Å²) in [6, 6.07) is 7.87. The van der Waals surface area contributed by atoms with E-state index in [1.807, 2.05) is 38.1 Å². The first-order valence-electron chi connectivity index (χ1n) is 5.95. The van der Waals surface area contributed by atoms with Crippen LogP contribution in [0.15, 0.2) is 29.3 Å². The molecule has 0 aliphatic heterocycles. The molecule has 4 heteroatoms. The molecule has 0 fully saturated rings. The topological polar surface area (TPSA) is 59.6 Å². The first-order chi connectivity index (χ1) is 8.11. The van der Waals surface area contributed by atoms with E-state index in [0.717, 1.165) is 24.5 Å². The number of benzene rings is 1. The van der Waals surface area contributed by atoms with Crippen molar-refractivity contribution in [1.29, 1.82) is 0 Å². The molecule has 4 nitrogen and oxygen atoms in total. The normalized spacial score (nSPS) is 11.6. The van der Waals surface area contributed by atoms with Crippen molar-refractivity contribution in [3.8, 4) is 5.75 Å². The van der Waals surface area contributed by atoms with Gasteiger partial charge in [0.05, 0.1) is 6.61 Å². The number of hydrogen-bond donors (Lipinski definition) is 2. The van der Waals surface area contributed by atoms with Crippen LogP contribution in [-0.2, 0) is 0 Å². The minimum absolute atomic E-state index is 0.190. The van der Waals surface area contributed by atoms with E-state index in [9.17, 15) is 0 Å². The van der Waals surface area contributed by atoms with E-state index in [4.69, 9.17) is 10.5 Å². The summed E-state index contributed by atoms with van der Waals surface area (Å²) >= 11 is 0. The minimum atomic E-state index is 0.190. The highest BCUT2D eigenvalue weighted by Gasteiger charge is 1.97. The number of nitrogens with two attached hydrogens (primary N) is 1. The minimum Gasteiger partial charge on any atom is -0.494 e. The van der Waals surface area contributed by atoms with Crippen LogP contribution in [0.5, 0.6) is 5.75 Å². The summed E-state index contributed by atoms with van der Waals surface area (Å²) in [4.78, 5) is 4.20. The second-order valence-corrected chi connectivity index (χ2v) is 4.11. The molecule has 0 radical (unpaired) electrons. The van der Waals surface area contributed by atoms with Crippen molar-refractivity contribution in [1.82, 2.24) is 0 Å². The molecule has 1 aromatic carbocycles. The molecule has 0 unspecified atom stereocenters. The fourth-order valence-electron chi connectivity index (χ4n) is 1.31. The van der Waals surface area contributed by atoms with Gasteiger partial charge in [-0.2, -0.15) is 0 Å². The Morgan fingerprint density at radius 3 is 2.53 bits per heavy atom. The van der Waals surface area contributed by atoms with E-state index in [-0.39, 0.29) is 6.04 Å². The van der Waals surface area contributed by atoms with Gasteiger partial charge in [-0.15, -0.1) is 0 Å². The third-order valence-electron chi connectivity index (χ3n) is 2.00. The van der Waals surface area contributed by atoms with Crippen LogP contribution < -0.4 is 15.8 Å². The number of hydrogen-bond acceptors (Lipinski definition) is 2. The van der Waals surface area contributed by atoms with E-state index in [2.05, 4.69) is 17.2 Å². The van der Waals surface area contributed by atoms with Crippen LogP contribution in [0.2, 0.25) is 0 Å². The Morgan fingerprint density at radius 2 is 2.00 bits per heavy atom. The van der Waals surface area contributed by atoms with Gasteiger partial charge in [-0.05, 0) is 44.5 Å². The van der Waals surface area contributed by atoms with Crippen molar-refractivity contribution in [2.45, 2.75) is 33.2 Å². The molecule has 0 spiro atoms. The zero-order valence-corrected chi connectivity index (χ0v) is 10.7.